The molecular weight excluding hydrogens is 168 g/mol. The molecule has 5 nitrogen and oxygen atoms in total. The van der Waals surface area contributed by atoms with E-state index in [-0.39, 0.29) is 5.43 Å². The molecule has 66 valence electrons. The van der Waals surface area contributed by atoms with Gasteiger partial charge in [0.1, 0.15) is 0 Å². The number of nitrogens with zero attached hydrogens (tertiary/aromatic N) is 3. The molecule has 5 heteroatoms. The lowest BCUT2D eigenvalue weighted by Gasteiger charge is -1.99. The standard InChI is InChI=1S/C8H8N4O/c13-8-3-7(11-10-4-8)5-12-2-1-9-6-12/h1-4,6H,5H2,(H,11,13). The second kappa shape index (κ2) is 3.22. The van der Waals surface area contributed by atoms with E-state index in [2.05, 4.69) is 15.2 Å². The average molecular weight is 176 g/mol. The largest absolute Gasteiger partial charge is 0.332 e. The zero-order valence-corrected chi connectivity index (χ0v) is 6.84. The zero-order chi connectivity index (χ0) is 9.10. The summed E-state index contributed by atoms with van der Waals surface area (Å²) in [6, 6.07) is 1.52. The van der Waals surface area contributed by atoms with E-state index in [0.717, 1.165) is 5.69 Å². The fourth-order valence-corrected chi connectivity index (χ4v) is 1.08. The van der Waals surface area contributed by atoms with Crippen molar-refractivity contribution < 1.29 is 0 Å². The van der Waals surface area contributed by atoms with Crippen LogP contribution >= 0.6 is 0 Å². The minimum Gasteiger partial charge on any atom is -0.332 e. The Balaban J connectivity index is 2.24. The maximum Gasteiger partial charge on any atom is 0.200 e. The van der Waals surface area contributed by atoms with E-state index in [1.54, 1.807) is 12.5 Å². The number of rotatable bonds is 2. The minimum atomic E-state index is -0.0890. The second-order valence-electron chi connectivity index (χ2n) is 2.68. The molecule has 0 saturated carbocycles. The van der Waals surface area contributed by atoms with Crippen molar-refractivity contribution in [3.05, 3.63) is 46.9 Å². The van der Waals surface area contributed by atoms with E-state index >= 15 is 0 Å². The molecule has 13 heavy (non-hydrogen) atoms. The normalized spacial score (nSPS) is 10.2. The van der Waals surface area contributed by atoms with Gasteiger partial charge in [-0.3, -0.25) is 9.89 Å². The van der Waals surface area contributed by atoms with Gasteiger partial charge in [-0.15, -0.1) is 0 Å². The van der Waals surface area contributed by atoms with Gasteiger partial charge in [0.25, 0.3) is 0 Å². The maximum absolute atomic E-state index is 10.9. The number of H-pyrrole nitrogens is 1. The molecule has 2 aromatic heterocycles. The van der Waals surface area contributed by atoms with E-state index in [9.17, 15) is 4.79 Å². The van der Waals surface area contributed by atoms with Gasteiger partial charge in [0.05, 0.1) is 24.8 Å². The first-order chi connectivity index (χ1) is 6.34. The first-order valence-corrected chi connectivity index (χ1v) is 3.84. The molecule has 0 unspecified atom stereocenters. The van der Waals surface area contributed by atoms with Crippen molar-refractivity contribution in [2.24, 2.45) is 0 Å². The summed E-state index contributed by atoms with van der Waals surface area (Å²) in [4.78, 5) is 14.8. The molecule has 0 spiro atoms. The van der Waals surface area contributed by atoms with Crippen LogP contribution in [-0.2, 0) is 6.54 Å². The van der Waals surface area contributed by atoms with Crippen LogP contribution < -0.4 is 5.43 Å². The Labute approximate surface area is 74.1 Å². The molecule has 0 aliphatic carbocycles. The van der Waals surface area contributed by atoms with Crippen molar-refractivity contribution >= 4 is 0 Å². The number of aromatic nitrogens is 4. The predicted molar refractivity (Wildman–Crippen MR) is 46.2 cm³/mol. The van der Waals surface area contributed by atoms with E-state index in [1.165, 1.54) is 12.3 Å². The Kier molecular flexibility index (Phi) is 1.91. The smallest absolute Gasteiger partial charge is 0.200 e. The fourth-order valence-electron chi connectivity index (χ4n) is 1.08. The molecule has 0 aliphatic heterocycles. The average Bonchev–Trinajstić information content (AvgIpc) is 2.57. The van der Waals surface area contributed by atoms with Crippen molar-refractivity contribution in [3.63, 3.8) is 0 Å². The Morgan fingerprint density at radius 2 is 2.46 bits per heavy atom. The quantitative estimate of drug-likeness (QED) is 0.701. The highest BCUT2D eigenvalue weighted by Gasteiger charge is 1.95. The molecule has 0 aliphatic rings. The molecule has 1 N–H and O–H groups in total. The van der Waals surface area contributed by atoms with E-state index < -0.39 is 0 Å². The molecule has 0 aromatic carbocycles. The molecule has 2 aromatic rings. The molecule has 2 heterocycles. The van der Waals surface area contributed by atoms with Gasteiger partial charge in [-0.05, 0) is 0 Å². The SMILES string of the molecule is O=c1cn[nH]c(Cn2ccnc2)c1. The third-order valence-corrected chi connectivity index (χ3v) is 1.63. The predicted octanol–water partition coefficient (Wildman–Crippen LogP) is 0.0147. The highest BCUT2D eigenvalue weighted by molar-refractivity contribution is 5.00. The van der Waals surface area contributed by atoms with Gasteiger partial charge in [0.15, 0.2) is 5.43 Å². The van der Waals surface area contributed by atoms with E-state index in [4.69, 9.17) is 0 Å². The van der Waals surface area contributed by atoms with Crippen molar-refractivity contribution in [3.8, 4) is 0 Å². The summed E-state index contributed by atoms with van der Waals surface area (Å²) in [5, 5.41) is 6.44. The number of hydrogen-bond acceptors (Lipinski definition) is 3. The number of hydrogen-bond donors (Lipinski definition) is 1. The Bertz CT molecular complexity index is 431. The Morgan fingerprint density at radius 3 is 3.15 bits per heavy atom. The molecule has 2 rings (SSSR count). The summed E-state index contributed by atoms with van der Waals surface area (Å²) >= 11 is 0. The van der Waals surface area contributed by atoms with Gasteiger partial charge < -0.3 is 4.57 Å². The summed E-state index contributed by atoms with van der Waals surface area (Å²) in [5.41, 5.74) is 0.680. The van der Waals surface area contributed by atoms with Crippen molar-refractivity contribution in [1.29, 1.82) is 0 Å². The minimum absolute atomic E-state index is 0.0890. The maximum atomic E-state index is 10.9. The lowest BCUT2D eigenvalue weighted by atomic mass is 10.4. The van der Waals surface area contributed by atoms with Gasteiger partial charge in [-0.1, -0.05) is 0 Å². The van der Waals surface area contributed by atoms with Gasteiger partial charge in [-0.25, -0.2) is 4.98 Å². The van der Waals surface area contributed by atoms with Crippen LogP contribution in [0, 0.1) is 0 Å². The fraction of sp³-hybridized carbons (Fsp3) is 0.125. The molecule has 0 saturated heterocycles. The zero-order valence-electron chi connectivity index (χ0n) is 6.84. The summed E-state index contributed by atoms with van der Waals surface area (Å²) in [5.74, 6) is 0. The lowest BCUT2D eigenvalue weighted by molar-refractivity contribution is 0.750. The molecule has 0 atom stereocenters. The van der Waals surface area contributed by atoms with Crippen LogP contribution in [0.2, 0.25) is 0 Å². The topological polar surface area (TPSA) is 63.6 Å². The Morgan fingerprint density at radius 1 is 1.54 bits per heavy atom. The number of imidazole rings is 1. The second-order valence-corrected chi connectivity index (χ2v) is 2.68. The summed E-state index contributed by atoms with van der Waals surface area (Å²) in [6.07, 6.45) is 6.45. The highest BCUT2D eigenvalue weighted by atomic mass is 16.1. The van der Waals surface area contributed by atoms with Crippen LogP contribution in [0.4, 0.5) is 0 Å². The van der Waals surface area contributed by atoms with E-state index in [1.807, 2.05) is 10.8 Å². The molecule has 0 fully saturated rings. The highest BCUT2D eigenvalue weighted by Crippen LogP contribution is 1.93. The van der Waals surface area contributed by atoms with Crippen LogP contribution in [0.25, 0.3) is 0 Å². The number of aromatic amines is 1. The van der Waals surface area contributed by atoms with Crippen LogP contribution in [0.15, 0.2) is 35.8 Å². The van der Waals surface area contributed by atoms with Crippen LogP contribution in [0.3, 0.4) is 0 Å². The van der Waals surface area contributed by atoms with Crippen LogP contribution in [0.1, 0.15) is 5.69 Å². The summed E-state index contributed by atoms with van der Waals surface area (Å²) < 4.78 is 1.85. The van der Waals surface area contributed by atoms with E-state index in [0.29, 0.717) is 6.54 Å². The van der Waals surface area contributed by atoms with Crippen molar-refractivity contribution in [2.75, 3.05) is 0 Å². The van der Waals surface area contributed by atoms with Gasteiger partial charge in [0.2, 0.25) is 0 Å². The first kappa shape index (κ1) is 7.72. The monoisotopic (exact) mass is 176 g/mol. The molecule has 0 bridgehead atoms. The summed E-state index contributed by atoms with van der Waals surface area (Å²) in [6.45, 7) is 0.586. The first-order valence-electron chi connectivity index (χ1n) is 3.84. The Hall–Kier alpha value is -1.91. The molecular formula is C8H8N4O. The molecule has 0 amide bonds. The van der Waals surface area contributed by atoms with Gasteiger partial charge in [-0.2, -0.15) is 5.10 Å². The van der Waals surface area contributed by atoms with Crippen molar-refractivity contribution in [1.82, 2.24) is 19.7 Å². The summed E-state index contributed by atoms with van der Waals surface area (Å²) in [7, 11) is 0. The third kappa shape index (κ3) is 1.81. The third-order valence-electron chi connectivity index (χ3n) is 1.63. The number of nitrogens with one attached hydrogen (secondary N) is 1. The van der Waals surface area contributed by atoms with Crippen LogP contribution in [0.5, 0.6) is 0 Å². The van der Waals surface area contributed by atoms with Crippen LogP contribution in [-0.4, -0.2) is 19.7 Å². The van der Waals surface area contributed by atoms with Gasteiger partial charge >= 0.3 is 0 Å². The van der Waals surface area contributed by atoms with Gasteiger partial charge in [0, 0.05) is 18.5 Å². The van der Waals surface area contributed by atoms with Crippen molar-refractivity contribution in [2.45, 2.75) is 6.54 Å². The lowest BCUT2D eigenvalue weighted by Crippen LogP contribution is -2.07. The molecule has 0 radical (unpaired) electrons.